The summed E-state index contributed by atoms with van der Waals surface area (Å²) in [5, 5.41) is 4.27. The monoisotopic (exact) mass is 381 g/mol. The molecule has 2 fully saturated rings. The summed E-state index contributed by atoms with van der Waals surface area (Å²) < 4.78 is 0. The molecule has 4 rings (SSSR count). The predicted octanol–water partition coefficient (Wildman–Crippen LogP) is 3.79. The Balaban J connectivity index is 1.53. The summed E-state index contributed by atoms with van der Waals surface area (Å²) in [5.74, 6) is 0.206. The van der Waals surface area contributed by atoms with Crippen LogP contribution in [-0.4, -0.2) is 40.8 Å². The number of hydrogen-bond acceptors (Lipinski definition) is 2. The third kappa shape index (κ3) is 4.23. The molecule has 1 aliphatic carbocycles. The topological polar surface area (TPSA) is 65.2 Å². The number of carbonyl (C=O) groups is 2. The van der Waals surface area contributed by atoms with E-state index in [1.807, 2.05) is 29.3 Å². The molecule has 5 nitrogen and oxygen atoms in total. The van der Waals surface area contributed by atoms with E-state index >= 15 is 0 Å². The minimum atomic E-state index is -0.480. The molecule has 1 saturated heterocycles. The van der Waals surface area contributed by atoms with E-state index in [1.54, 1.807) is 0 Å². The number of nitrogens with zero attached hydrogens (tertiary/aromatic N) is 1. The summed E-state index contributed by atoms with van der Waals surface area (Å²) in [6, 6.07) is 7.66. The Morgan fingerprint density at radius 1 is 1.04 bits per heavy atom. The minimum Gasteiger partial charge on any atom is -0.361 e. The molecule has 2 amide bonds. The number of benzene rings is 1. The number of hydrogen-bond donors (Lipinski definition) is 2. The molecule has 1 aromatic heterocycles. The number of para-hydroxylation sites is 1. The van der Waals surface area contributed by atoms with Gasteiger partial charge in [-0.15, -0.1) is 0 Å². The number of rotatable bonds is 5. The van der Waals surface area contributed by atoms with Crippen LogP contribution in [0.5, 0.6) is 0 Å². The quantitative estimate of drug-likeness (QED) is 0.828. The van der Waals surface area contributed by atoms with Crippen molar-refractivity contribution in [3.05, 3.63) is 36.0 Å². The van der Waals surface area contributed by atoms with Crippen LogP contribution in [0.3, 0.4) is 0 Å². The second-order valence-corrected chi connectivity index (χ2v) is 8.35. The molecule has 2 heterocycles. The smallest absolute Gasteiger partial charge is 0.245 e. The van der Waals surface area contributed by atoms with E-state index in [-0.39, 0.29) is 17.7 Å². The van der Waals surface area contributed by atoms with Gasteiger partial charge in [0.05, 0.1) is 0 Å². The number of piperidine rings is 1. The van der Waals surface area contributed by atoms with Gasteiger partial charge in [0.2, 0.25) is 11.8 Å². The van der Waals surface area contributed by atoms with Crippen LogP contribution < -0.4 is 5.32 Å². The van der Waals surface area contributed by atoms with Crippen LogP contribution in [0.2, 0.25) is 0 Å². The summed E-state index contributed by atoms with van der Waals surface area (Å²) in [6.45, 7) is 1.62. The van der Waals surface area contributed by atoms with Crippen molar-refractivity contribution in [1.29, 1.82) is 0 Å². The Morgan fingerprint density at radius 2 is 1.75 bits per heavy atom. The molecule has 5 heteroatoms. The maximum Gasteiger partial charge on any atom is 0.245 e. The van der Waals surface area contributed by atoms with Crippen molar-refractivity contribution >= 4 is 22.7 Å². The Kier molecular flexibility index (Phi) is 5.98. The van der Waals surface area contributed by atoms with Gasteiger partial charge in [-0.05, 0) is 43.7 Å². The van der Waals surface area contributed by atoms with Crippen molar-refractivity contribution in [3.63, 3.8) is 0 Å². The van der Waals surface area contributed by atoms with Crippen molar-refractivity contribution in [2.24, 2.45) is 5.92 Å². The van der Waals surface area contributed by atoms with Crippen LogP contribution in [0.1, 0.15) is 56.9 Å². The van der Waals surface area contributed by atoms with Gasteiger partial charge >= 0.3 is 0 Å². The van der Waals surface area contributed by atoms with Crippen molar-refractivity contribution in [2.45, 2.75) is 63.8 Å². The summed E-state index contributed by atoms with van der Waals surface area (Å²) >= 11 is 0. The van der Waals surface area contributed by atoms with Gasteiger partial charge in [-0.25, -0.2) is 0 Å². The normalized spacial score (nSPS) is 19.5. The van der Waals surface area contributed by atoms with Crippen molar-refractivity contribution in [2.75, 3.05) is 13.1 Å². The largest absolute Gasteiger partial charge is 0.361 e. The Bertz CT molecular complexity index is 816. The van der Waals surface area contributed by atoms with Gasteiger partial charge < -0.3 is 15.2 Å². The number of H-pyrrole nitrogens is 1. The first-order valence-electron chi connectivity index (χ1n) is 10.9. The van der Waals surface area contributed by atoms with Crippen LogP contribution in [0.4, 0.5) is 0 Å². The van der Waals surface area contributed by atoms with E-state index in [9.17, 15) is 9.59 Å². The second kappa shape index (κ2) is 8.80. The molecule has 1 aromatic carbocycles. The van der Waals surface area contributed by atoms with E-state index in [0.717, 1.165) is 68.1 Å². The van der Waals surface area contributed by atoms with Crippen molar-refractivity contribution in [1.82, 2.24) is 15.2 Å². The summed E-state index contributed by atoms with van der Waals surface area (Å²) in [7, 11) is 0. The minimum absolute atomic E-state index is 0.0633. The molecule has 1 atom stereocenters. The number of likely N-dealkylation sites (tertiary alicyclic amines) is 1. The third-order valence-electron chi connectivity index (χ3n) is 6.36. The predicted molar refractivity (Wildman–Crippen MR) is 111 cm³/mol. The number of amides is 2. The molecule has 2 aromatic rings. The Labute approximate surface area is 166 Å². The zero-order valence-electron chi connectivity index (χ0n) is 16.6. The number of nitrogens with one attached hydrogen (secondary N) is 2. The molecular formula is C23H31N3O2. The highest BCUT2D eigenvalue weighted by Gasteiger charge is 2.30. The molecule has 150 valence electrons. The molecule has 0 radical (unpaired) electrons. The highest BCUT2D eigenvalue weighted by molar-refractivity contribution is 5.90. The average Bonchev–Trinajstić information content (AvgIpc) is 3.17. The lowest BCUT2D eigenvalue weighted by Crippen LogP contribution is -2.52. The Morgan fingerprint density at radius 3 is 2.54 bits per heavy atom. The summed E-state index contributed by atoms with van der Waals surface area (Å²) in [6.07, 6.45) is 11.2. The average molecular weight is 382 g/mol. The molecule has 0 spiro atoms. The van der Waals surface area contributed by atoms with Gasteiger partial charge in [-0.2, -0.15) is 0 Å². The van der Waals surface area contributed by atoms with Gasteiger partial charge in [0, 0.05) is 42.5 Å². The fourth-order valence-electron chi connectivity index (χ4n) is 4.71. The van der Waals surface area contributed by atoms with E-state index in [1.165, 1.54) is 12.8 Å². The van der Waals surface area contributed by atoms with Crippen molar-refractivity contribution in [3.8, 4) is 0 Å². The van der Waals surface area contributed by atoms with E-state index in [4.69, 9.17) is 0 Å². The molecule has 2 N–H and O–H groups in total. The van der Waals surface area contributed by atoms with E-state index < -0.39 is 6.04 Å². The Hall–Kier alpha value is -2.30. The van der Waals surface area contributed by atoms with Gasteiger partial charge in [0.15, 0.2) is 0 Å². The lowest BCUT2D eigenvalue weighted by Gasteiger charge is -2.32. The number of carbonyl (C=O) groups excluding carboxylic acids is 2. The first-order valence-corrected chi connectivity index (χ1v) is 10.9. The van der Waals surface area contributed by atoms with Crippen LogP contribution >= 0.6 is 0 Å². The zero-order valence-corrected chi connectivity index (χ0v) is 16.6. The lowest BCUT2D eigenvalue weighted by atomic mass is 9.88. The fourth-order valence-corrected chi connectivity index (χ4v) is 4.71. The summed E-state index contributed by atoms with van der Waals surface area (Å²) in [4.78, 5) is 31.4. The maximum absolute atomic E-state index is 13.3. The highest BCUT2D eigenvalue weighted by atomic mass is 16.2. The van der Waals surface area contributed by atoms with Gasteiger partial charge in [-0.3, -0.25) is 9.59 Å². The molecule has 1 saturated carbocycles. The van der Waals surface area contributed by atoms with Crippen LogP contribution in [0.25, 0.3) is 10.9 Å². The number of fused-ring (bicyclic) bond motifs is 1. The van der Waals surface area contributed by atoms with Gasteiger partial charge in [-0.1, -0.05) is 37.5 Å². The molecular weight excluding hydrogens is 350 g/mol. The first kappa shape index (κ1) is 19.0. The van der Waals surface area contributed by atoms with Crippen LogP contribution in [0, 0.1) is 5.92 Å². The summed E-state index contributed by atoms with van der Waals surface area (Å²) in [5.41, 5.74) is 2.16. The lowest BCUT2D eigenvalue weighted by molar-refractivity contribution is -0.138. The third-order valence-corrected chi connectivity index (χ3v) is 6.36. The standard InChI is InChI=1S/C23H31N3O2/c27-22(17-9-3-1-4-10-17)25-21(23(28)26-13-7-2-8-14-26)15-18-16-24-20-12-6-5-11-19(18)20/h5-6,11-12,16-17,21,24H,1-4,7-10,13-15H2,(H,25,27). The molecule has 1 unspecified atom stereocenters. The number of aromatic amines is 1. The molecule has 28 heavy (non-hydrogen) atoms. The highest BCUT2D eigenvalue weighted by Crippen LogP contribution is 2.25. The zero-order chi connectivity index (χ0) is 19.3. The van der Waals surface area contributed by atoms with Crippen LogP contribution in [-0.2, 0) is 16.0 Å². The van der Waals surface area contributed by atoms with E-state index in [2.05, 4.69) is 16.4 Å². The first-order chi connectivity index (χ1) is 13.7. The SMILES string of the molecule is O=C(NC(Cc1c[nH]c2ccccc12)C(=O)N1CCCCC1)C1CCCCC1. The van der Waals surface area contributed by atoms with Gasteiger partial charge in [0.1, 0.15) is 6.04 Å². The molecule has 2 aliphatic rings. The fraction of sp³-hybridized carbons (Fsp3) is 0.565. The van der Waals surface area contributed by atoms with E-state index in [0.29, 0.717) is 6.42 Å². The van der Waals surface area contributed by atoms with Crippen LogP contribution in [0.15, 0.2) is 30.5 Å². The maximum atomic E-state index is 13.3. The molecule has 0 bridgehead atoms. The second-order valence-electron chi connectivity index (χ2n) is 8.35. The molecule has 1 aliphatic heterocycles. The number of aromatic nitrogens is 1. The van der Waals surface area contributed by atoms with Gasteiger partial charge in [0.25, 0.3) is 0 Å². The van der Waals surface area contributed by atoms with Crippen molar-refractivity contribution < 1.29 is 9.59 Å².